The highest BCUT2D eigenvalue weighted by molar-refractivity contribution is 5.20. The summed E-state index contributed by atoms with van der Waals surface area (Å²) < 4.78 is 1.74. The molecule has 2 rings (SSSR count). The Morgan fingerprint density at radius 2 is 2.25 bits per heavy atom. The first-order valence-corrected chi connectivity index (χ1v) is 5.18. The molecule has 0 aliphatic heterocycles. The lowest BCUT2D eigenvalue weighted by Crippen LogP contribution is -2.16. The van der Waals surface area contributed by atoms with Gasteiger partial charge in [-0.25, -0.2) is 4.98 Å². The van der Waals surface area contributed by atoms with Gasteiger partial charge in [0.05, 0.1) is 0 Å². The van der Waals surface area contributed by atoms with Crippen molar-refractivity contribution < 1.29 is 0 Å². The van der Waals surface area contributed by atoms with Crippen LogP contribution in [0.4, 0.5) is 0 Å². The van der Waals surface area contributed by atoms with E-state index >= 15 is 0 Å². The van der Waals surface area contributed by atoms with Gasteiger partial charge in [0.15, 0.2) is 0 Å². The summed E-state index contributed by atoms with van der Waals surface area (Å²) in [5, 5.41) is 4.02. The molecule has 5 nitrogen and oxygen atoms in total. The molecule has 0 amide bonds. The molecule has 2 heterocycles. The molecule has 0 radical (unpaired) electrons. The van der Waals surface area contributed by atoms with Gasteiger partial charge in [-0.1, -0.05) is 0 Å². The summed E-state index contributed by atoms with van der Waals surface area (Å²) in [6, 6.07) is 3.87. The Kier molecular flexibility index (Phi) is 2.96. The molecule has 2 aromatic heterocycles. The second-order valence-electron chi connectivity index (χ2n) is 3.84. The number of aromatic nitrogens is 4. The van der Waals surface area contributed by atoms with E-state index < -0.39 is 0 Å². The fraction of sp³-hybridized carbons (Fsp3) is 0.364. The van der Waals surface area contributed by atoms with Crippen LogP contribution in [0.2, 0.25) is 0 Å². The van der Waals surface area contributed by atoms with Crippen molar-refractivity contribution in [1.29, 1.82) is 0 Å². The van der Waals surface area contributed by atoms with E-state index in [2.05, 4.69) is 15.1 Å². The highest BCUT2D eigenvalue weighted by Crippen LogP contribution is 2.14. The molecule has 1 atom stereocenters. The summed E-state index contributed by atoms with van der Waals surface area (Å²) in [4.78, 5) is 8.31. The number of pyridine rings is 1. The Morgan fingerprint density at radius 3 is 2.88 bits per heavy atom. The first kappa shape index (κ1) is 10.8. The molecule has 2 aromatic rings. The lowest BCUT2D eigenvalue weighted by molar-refractivity contribution is 0.628. The van der Waals surface area contributed by atoms with Gasteiger partial charge >= 0.3 is 0 Å². The largest absolute Gasteiger partial charge is 0.324 e. The molecule has 84 valence electrons. The second-order valence-corrected chi connectivity index (χ2v) is 3.84. The zero-order valence-electron chi connectivity index (χ0n) is 9.46. The Morgan fingerprint density at radius 1 is 1.44 bits per heavy atom. The average molecular weight is 217 g/mol. The van der Waals surface area contributed by atoms with E-state index in [1.165, 1.54) is 0 Å². The second kappa shape index (κ2) is 4.40. The summed E-state index contributed by atoms with van der Waals surface area (Å²) in [7, 11) is 1.87. The summed E-state index contributed by atoms with van der Waals surface area (Å²) in [6.07, 6.45) is 4.00. The van der Waals surface area contributed by atoms with Gasteiger partial charge in [-0.05, 0) is 24.6 Å². The van der Waals surface area contributed by atoms with Crippen molar-refractivity contribution in [2.75, 3.05) is 0 Å². The third kappa shape index (κ3) is 2.25. The maximum absolute atomic E-state index is 6.12. The SMILES string of the molecule is Cc1cc(C(N)Cc2ncnn2C)ccn1. The summed E-state index contributed by atoms with van der Waals surface area (Å²) in [5.74, 6) is 0.891. The number of rotatable bonds is 3. The minimum Gasteiger partial charge on any atom is -0.324 e. The van der Waals surface area contributed by atoms with E-state index in [9.17, 15) is 0 Å². The summed E-state index contributed by atoms with van der Waals surface area (Å²) in [5.41, 5.74) is 8.17. The molecule has 0 fully saturated rings. The van der Waals surface area contributed by atoms with Crippen LogP contribution in [-0.4, -0.2) is 19.7 Å². The molecule has 16 heavy (non-hydrogen) atoms. The maximum Gasteiger partial charge on any atom is 0.138 e. The van der Waals surface area contributed by atoms with Crippen molar-refractivity contribution in [2.24, 2.45) is 12.8 Å². The van der Waals surface area contributed by atoms with Gasteiger partial charge in [0.1, 0.15) is 12.2 Å². The lowest BCUT2D eigenvalue weighted by atomic mass is 10.1. The molecule has 0 saturated carbocycles. The molecule has 0 aliphatic rings. The smallest absolute Gasteiger partial charge is 0.138 e. The zero-order chi connectivity index (χ0) is 11.5. The topological polar surface area (TPSA) is 69.6 Å². The monoisotopic (exact) mass is 217 g/mol. The summed E-state index contributed by atoms with van der Waals surface area (Å²) in [6.45, 7) is 1.96. The normalized spacial score (nSPS) is 12.7. The van der Waals surface area contributed by atoms with E-state index in [0.717, 1.165) is 17.1 Å². The van der Waals surface area contributed by atoms with E-state index in [1.54, 1.807) is 17.2 Å². The van der Waals surface area contributed by atoms with Crippen LogP contribution in [0.3, 0.4) is 0 Å². The Labute approximate surface area is 94.3 Å². The van der Waals surface area contributed by atoms with E-state index in [4.69, 9.17) is 5.73 Å². The minimum absolute atomic E-state index is 0.0652. The molecule has 5 heteroatoms. The lowest BCUT2D eigenvalue weighted by Gasteiger charge is -2.11. The van der Waals surface area contributed by atoms with Crippen LogP contribution in [0.5, 0.6) is 0 Å². The minimum atomic E-state index is -0.0652. The zero-order valence-corrected chi connectivity index (χ0v) is 9.46. The first-order valence-electron chi connectivity index (χ1n) is 5.18. The van der Waals surface area contributed by atoms with Crippen LogP contribution in [-0.2, 0) is 13.5 Å². The van der Waals surface area contributed by atoms with Crippen molar-refractivity contribution in [1.82, 2.24) is 19.7 Å². The number of nitrogens with zero attached hydrogens (tertiary/aromatic N) is 4. The molecule has 2 N–H and O–H groups in total. The van der Waals surface area contributed by atoms with Gasteiger partial charge < -0.3 is 5.73 Å². The van der Waals surface area contributed by atoms with Crippen LogP contribution in [0.1, 0.15) is 23.1 Å². The quantitative estimate of drug-likeness (QED) is 0.824. The van der Waals surface area contributed by atoms with Crippen LogP contribution < -0.4 is 5.73 Å². The standard InChI is InChI=1S/C11H15N5/c1-8-5-9(3-4-13-8)10(12)6-11-14-7-15-16(11)2/h3-5,7,10H,6,12H2,1-2H3. The highest BCUT2D eigenvalue weighted by atomic mass is 15.3. The molecule has 0 aromatic carbocycles. The van der Waals surface area contributed by atoms with Gasteiger partial charge in [-0.3, -0.25) is 9.67 Å². The molecule has 0 spiro atoms. The van der Waals surface area contributed by atoms with E-state index in [1.807, 2.05) is 26.1 Å². The Balaban J connectivity index is 2.14. The number of hydrogen-bond donors (Lipinski definition) is 1. The van der Waals surface area contributed by atoms with E-state index in [-0.39, 0.29) is 6.04 Å². The highest BCUT2D eigenvalue weighted by Gasteiger charge is 2.10. The van der Waals surface area contributed by atoms with Gasteiger partial charge in [-0.15, -0.1) is 0 Å². The number of hydrogen-bond acceptors (Lipinski definition) is 4. The number of nitrogens with two attached hydrogens (primary N) is 1. The predicted octanol–water partition coefficient (Wildman–Crippen LogP) is 0.761. The molecular weight excluding hydrogens is 202 g/mol. The van der Waals surface area contributed by atoms with Gasteiger partial charge in [0, 0.05) is 31.4 Å². The summed E-state index contributed by atoms with van der Waals surface area (Å²) >= 11 is 0. The molecule has 0 aliphatic carbocycles. The molecule has 0 saturated heterocycles. The van der Waals surface area contributed by atoms with Crippen molar-refractivity contribution in [3.05, 3.63) is 41.7 Å². The van der Waals surface area contributed by atoms with Crippen LogP contribution in [0.15, 0.2) is 24.7 Å². The van der Waals surface area contributed by atoms with Crippen LogP contribution >= 0.6 is 0 Å². The van der Waals surface area contributed by atoms with Gasteiger partial charge in [0.25, 0.3) is 0 Å². The molecular formula is C11H15N5. The molecule has 1 unspecified atom stereocenters. The van der Waals surface area contributed by atoms with Crippen molar-refractivity contribution in [3.63, 3.8) is 0 Å². The van der Waals surface area contributed by atoms with E-state index in [0.29, 0.717) is 6.42 Å². The predicted molar refractivity (Wildman–Crippen MR) is 60.6 cm³/mol. The third-order valence-corrected chi connectivity index (χ3v) is 2.56. The average Bonchev–Trinajstić information content (AvgIpc) is 2.64. The Hall–Kier alpha value is -1.75. The van der Waals surface area contributed by atoms with Gasteiger partial charge in [0.2, 0.25) is 0 Å². The van der Waals surface area contributed by atoms with Gasteiger partial charge in [-0.2, -0.15) is 5.10 Å². The van der Waals surface area contributed by atoms with Crippen LogP contribution in [0.25, 0.3) is 0 Å². The van der Waals surface area contributed by atoms with Crippen molar-refractivity contribution in [3.8, 4) is 0 Å². The third-order valence-electron chi connectivity index (χ3n) is 2.56. The fourth-order valence-electron chi connectivity index (χ4n) is 1.62. The molecule has 0 bridgehead atoms. The maximum atomic E-state index is 6.12. The van der Waals surface area contributed by atoms with Crippen molar-refractivity contribution in [2.45, 2.75) is 19.4 Å². The van der Waals surface area contributed by atoms with Crippen LogP contribution in [0, 0.1) is 6.92 Å². The van der Waals surface area contributed by atoms with Crippen molar-refractivity contribution >= 4 is 0 Å². The number of aryl methyl sites for hydroxylation is 2. The first-order chi connectivity index (χ1) is 7.66. The Bertz CT molecular complexity index is 477. The fourth-order valence-corrected chi connectivity index (χ4v) is 1.62.